The topological polar surface area (TPSA) is 66.4 Å². The number of rotatable bonds is 2. The molecule has 0 aliphatic heterocycles. The van der Waals surface area contributed by atoms with E-state index in [2.05, 4.69) is 0 Å². The number of aromatic carboxylic acids is 1. The first-order valence-electron chi connectivity index (χ1n) is 3.62. The van der Waals surface area contributed by atoms with Gasteiger partial charge in [0.2, 0.25) is 0 Å². The van der Waals surface area contributed by atoms with E-state index in [4.69, 9.17) is 8.83 Å². The molecule has 0 fully saturated rings. The van der Waals surface area contributed by atoms with Gasteiger partial charge in [0.1, 0.15) is 0 Å². The fourth-order valence-electron chi connectivity index (χ4n) is 1.07. The van der Waals surface area contributed by atoms with E-state index in [9.17, 15) is 9.90 Å². The van der Waals surface area contributed by atoms with E-state index in [1.807, 2.05) is 0 Å². The first kappa shape index (κ1) is 11.1. The minimum absolute atomic E-state index is 0. The molecule has 0 saturated carbocycles. The minimum atomic E-state index is -1.28. The third kappa shape index (κ3) is 1.92. The van der Waals surface area contributed by atoms with Gasteiger partial charge in [-0.2, -0.15) is 0 Å². The Balaban J connectivity index is 0.000000980. The quantitative estimate of drug-likeness (QED) is 0.521. The molecule has 0 radical (unpaired) electrons. The number of carbonyl (C=O) groups excluding carboxylic acids is 1. The smallest absolute Gasteiger partial charge is 0.545 e. The van der Waals surface area contributed by atoms with E-state index in [1.165, 1.54) is 18.6 Å². The normalized spacial score (nSPS) is 9.43. The Bertz CT molecular complexity index is 416. The second-order valence-electron chi connectivity index (χ2n) is 2.43. The molecule has 0 amide bonds. The van der Waals surface area contributed by atoms with E-state index in [0.717, 1.165) is 0 Å². The summed E-state index contributed by atoms with van der Waals surface area (Å²) in [5.41, 5.74) is -0.00468. The maximum atomic E-state index is 10.6. The van der Waals surface area contributed by atoms with Crippen molar-refractivity contribution in [2.45, 2.75) is 0 Å². The Hall–Kier alpha value is -0.970. The fourth-order valence-corrected chi connectivity index (χ4v) is 1.07. The van der Waals surface area contributed by atoms with Crippen molar-refractivity contribution in [2.24, 2.45) is 0 Å². The van der Waals surface area contributed by atoms with Gasteiger partial charge in [-0.25, -0.2) is 0 Å². The van der Waals surface area contributed by atoms with Crippen LogP contribution in [-0.4, -0.2) is 5.97 Å². The summed E-state index contributed by atoms with van der Waals surface area (Å²) in [6.07, 6.45) is 2.72. The van der Waals surface area contributed by atoms with Crippen molar-refractivity contribution in [3.63, 3.8) is 0 Å². The number of carboxylic acid groups (broad SMARTS) is 1. The van der Waals surface area contributed by atoms with E-state index in [0.29, 0.717) is 5.76 Å². The van der Waals surface area contributed by atoms with Crippen LogP contribution in [0.4, 0.5) is 0 Å². The molecule has 0 N–H and O–H groups in total. The maximum Gasteiger partial charge on any atom is 1.00 e. The molecular weight excluding hydrogens is 195 g/mol. The van der Waals surface area contributed by atoms with Gasteiger partial charge in [-0.3, -0.25) is 0 Å². The van der Waals surface area contributed by atoms with Crippen molar-refractivity contribution in [3.05, 3.63) is 36.3 Å². The summed E-state index contributed by atoms with van der Waals surface area (Å²) in [7, 11) is 0. The number of carbonyl (C=O) groups is 1. The zero-order valence-corrected chi connectivity index (χ0v) is 9.52. The van der Waals surface area contributed by atoms with Gasteiger partial charge in [0, 0.05) is 5.56 Å². The Labute approximate surface area is 102 Å². The second kappa shape index (κ2) is 4.50. The molecule has 0 bridgehead atoms. The average Bonchev–Trinajstić information content (AvgIpc) is 2.74. The summed E-state index contributed by atoms with van der Waals surface area (Å²) >= 11 is 0. The monoisotopic (exact) mass is 200 g/mol. The molecule has 0 spiro atoms. The molecule has 0 unspecified atom stereocenters. The molecule has 0 aromatic carbocycles. The zero-order chi connectivity index (χ0) is 9.26. The molecule has 2 rings (SSSR count). The summed E-state index contributed by atoms with van der Waals surface area (Å²) in [6.45, 7) is 0. The van der Waals surface area contributed by atoms with Crippen LogP contribution in [0.25, 0.3) is 11.5 Å². The Kier molecular flexibility index (Phi) is 3.57. The first-order valence-corrected chi connectivity index (χ1v) is 3.62. The van der Waals surface area contributed by atoms with Crippen LogP contribution in [0.15, 0.2) is 39.6 Å². The van der Waals surface area contributed by atoms with Crippen LogP contribution in [0, 0.1) is 0 Å². The van der Waals surface area contributed by atoms with E-state index in [-0.39, 0.29) is 40.9 Å². The minimum Gasteiger partial charge on any atom is -0.545 e. The summed E-state index contributed by atoms with van der Waals surface area (Å²) in [4.78, 5) is 10.6. The standard InChI is InChI=1S/C9H6O4.Na/c10-9(11)6-3-5-13-8(6)7-2-1-4-12-7;/h1-5H,(H,10,11);/q;+1/p-1. The molecule has 2 aromatic rings. The van der Waals surface area contributed by atoms with Gasteiger partial charge >= 0.3 is 29.6 Å². The Morgan fingerprint density at radius 2 is 2.00 bits per heavy atom. The van der Waals surface area contributed by atoms with Crippen LogP contribution in [0.1, 0.15) is 10.4 Å². The number of furan rings is 2. The van der Waals surface area contributed by atoms with Gasteiger partial charge in [0.25, 0.3) is 0 Å². The van der Waals surface area contributed by atoms with Gasteiger partial charge in [-0.1, -0.05) is 0 Å². The summed E-state index contributed by atoms with van der Waals surface area (Å²) in [6, 6.07) is 4.59. The van der Waals surface area contributed by atoms with Crippen molar-refractivity contribution in [1.29, 1.82) is 0 Å². The number of carboxylic acids is 1. The van der Waals surface area contributed by atoms with Gasteiger partial charge in [0.05, 0.1) is 18.5 Å². The number of hydrogen-bond donors (Lipinski definition) is 0. The SMILES string of the molecule is O=C([O-])c1ccoc1-c1ccco1.[Na+]. The van der Waals surface area contributed by atoms with Crippen LogP contribution in [0.5, 0.6) is 0 Å². The van der Waals surface area contributed by atoms with Crippen molar-refractivity contribution >= 4 is 5.97 Å². The van der Waals surface area contributed by atoms with Crippen molar-refractivity contribution in [2.75, 3.05) is 0 Å². The van der Waals surface area contributed by atoms with Crippen LogP contribution in [0.3, 0.4) is 0 Å². The third-order valence-electron chi connectivity index (χ3n) is 1.63. The zero-order valence-electron chi connectivity index (χ0n) is 7.52. The molecule has 14 heavy (non-hydrogen) atoms. The van der Waals surface area contributed by atoms with Crippen molar-refractivity contribution in [1.82, 2.24) is 0 Å². The first-order chi connectivity index (χ1) is 6.29. The molecule has 0 atom stereocenters. The molecule has 5 heteroatoms. The molecule has 2 heterocycles. The summed E-state index contributed by atoms with van der Waals surface area (Å²) in [5.74, 6) is -0.714. The number of hydrogen-bond acceptors (Lipinski definition) is 4. The predicted octanol–water partition coefficient (Wildman–Crippen LogP) is -2.09. The van der Waals surface area contributed by atoms with E-state index in [1.54, 1.807) is 12.1 Å². The molecular formula is C9H5NaO4. The van der Waals surface area contributed by atoms with Gasteiger partial charge in [-0.05, 0) is 18.2 Å². The molecule has 0 aliphatic carbocycles. The Morgan fingerprint density at radius 3 is 2.57 bits per heavy atom. The maximum absolute atomic E-state index is 10.6. The molecule has 0 aliphatic rings. The van der Waals surface area contributed by atoms with Crippen LogP contribution in [0.2, 0.25) is 0 Å². The van der Waals surface area contributed by atoms with Crippen LogP contribution < -0.4 is 34.7 Å². The summed E-state index contributed by atoms with van der Waals surface area (Å²) in [5, 5.41) is 10.6. The van der Waals surface area contributed by atoms with Gasteiger partial charge in [-0.15, -0.1) is 0 Å². The van der Waals surface area contributed by atoms with Crippen LogP contribution in [-0.2, 0) is 0 Å². The van der Waals surface area contributed by atoms with Gasteiger partial charge < -0.3 is 18.7 Å². The van der Waals surface area contributed by atoms with Crippen molar-refractivity contribution in [3.8, 4) is 11.5 Å². The van der Waals surface area contributed by atoms with Crippen molar-refractivity contribution < 1.29 is 48.3 Å². The molecule has 0 saturated heterocycles. The Morgan fingerprint density at radius 1 is 1.21 bits per heavy atom. The van der Waals surface area contributed by atoms with Gasteiger partial charge in [0.15, 0.2) is 11.5 Å². The summed E-state index contributed by atoms with van der Waals surface area (Å²) < 4.78 is 9.94. The van der Waals surface area contributed by atoms with E-state index >= 15 is 0 Å². The third-order valence-corrected chi connectivity index (χ3v) is 1.63. The predicted molar refractivity (Wildman–Crippen MR) is 40.7 cm³/mol. The largest absolute Gasteiger partial charge is 1.00 e. The fraction of sp³-hybridized carbons (Fsp3) is 0. The molecule has 4 nitrogen and oxygen atoms in total. The molecule has 2 aromatic heterocycles. The molecule has 66 valence electrons. The van der Waals surface area contributed by atoms with Crippen LogP contribution >= 0.6 is 0 Å². The average molecular weight is 200 g/mol. The second-order valence-corrected chi connectivity index (χ2v) is 2.43. The van der Waals surface area contributed by atoms with E-state index < -0.39 is 5.97 Å².